The van der Waals surface area contributed by atoms with Gasteiger partial charge >= 0.3 is 0 Å². The number of methoxy groups -OCH3 is 1. The first kappa shape index (κ1) is 51.5. The SMILES string of the molecule is COCCOC(C[C@H](C)c1ccccc1)c1cc(C(=O)N[C@@H](COCc2ccccc2)[C@@H](O)C[C@H](C(=O)N[C@H](C(=O)NCc2ccccc2)C(C)C)C(C)C)cc(N(C)S(C)(=O)=O)c1. The Labute approximate surface area is 380 Å². The zero-order valence-corrected chi connectivity index (χ0v) is 39.3. The maximum atomic E-state index is 14.5. The average molecular weight is 901 g/mol. The van der Waals surface area contributed by atoms with E-state index in [0.717, 1.165) is 27.3 Å². The Bertz CT molecular complexity index is 2160. The molecule has 4 aromatic rings. The van der Waals surface area contributed by atoms with E-state index in [1.54, 1.807) is 19.2 Å². The van der Waals surface area contributed by atoms with Crippen LogP contribution in [0.4, 0.5) is 5.69 Å². The Morgan fingerprint density at radius 3 is 1.92 bits per heavy atom. The van der Waals surface area contributed by atoms with Crippen molar-refractivity contribution in [2.24, 2.45) is 17.8 Å². The van der Waals surface area contributed by atoms with E-state index >= 15 is 0 Å². The zero-order valence-electron chi connectivity index (χ0n) is 38.5. The molecule has 3 amide bonds. The highest BCUT2D eigenvalue weighted by atomic mass is 32.2. The number of anilines is 1. The van der Waals surface area contributed by atoms with Gasteiger partial charge in [-0.3, -0.25) is 18.7 Å². The van der Waals surface area contributed by atoms with Gasteiger partial charge in [-0.1, -0.05) is 126 Å². The highest BCUT2D eigenvalue weighted by Crippen LogP contribution is 2.34. The van der Waals surface area contributed by atoms with Gasteiger partial charge < -0.3 is 35.3 Å². The second-order valence-electron chi connectivity index (χ2n) is 17.1. The van der Waals surface area contributed by atoms with E-state index in [-0.39, 0.29) is 61.2 Å². The summed E-state index contributed by atoms with van der Waals surface area (Å²) in [6.45, 7) is 10.5. The van der Waals surface area contributed by atoms with Crippen LogP contribution in [-0.4, -0.2) is 89.7 Å². The maximum absolute atomic E-state index is 14.5. The summed E-state index contributed by atoms with van der Waals surface area (Å²) in [5.41, 5.74) is 3.87. The molecule has 0 saturated carbocycles. The molecule has 6 atom stereocenters. The lowest BCUT2D eigenvalue weighted by Gasteiger charge is -2.31. The summed E-state index contributed by atoms with van der Waals surface area (Å²) in [6, 6.07) is 32.0. The first-order valence-electron chi connectivity index (χ1n) is 21.9. The molecule has 13 nitrogen and oxygen atoms in total. The molecular weight excluding hydrogens is 833 g/mol. The molecule has 0 aliphatic rings. The third-order valence-electron chi connectivity index (χ3n) is 11.4. The number of nitrogens with zero attached hydrogens (tertiary/aromatic N) is 1. The highest BCUT2D eigenvalue weighted by Gasteiger charge is 2.34. The molecule has 0 aromatic heterocycles. The number of rotatable bonds is 26. The molecule has 0 bridgehead atoms. The first-order chi connectivity index (χ1) is 30.5. The molecule has 4 aromatic carbocycles. The minimum absolute atomic E-state index is 0.0363. The first-order valence-corrected chi connectivity index (χ1v) is 23.8. The predicted molar refractivity (Wildman–Crippen MR) is 251 cm³/mol. The van der Waals surface area contributed by atoms with Crippen molar-refractivity contribution in [2.75, 3.05) is 44.5 Å². The Kier molecular flexibility index (Phi) is 20.4. The van der Waals surface area contributed by atoms with Crippen LogP contribution in [0.25, 0.3) is 0 Å². The van der Waals surface area contributed by atoms with Crippen molar-refractivity contribution in [1.29, 1.82) is 0 Å². The second kappa shape index (κ2) is 25.4. The number of aliphatic hydroxyl groups is 1. The minimum atomic E-state index is -3.75. The van der Waals surface area contributed by atoms with Crippen molar-refractivity contribution in [3.05, 3.63) is 137 Å². The van der Waals surface area contributed by atoms with E-state index in [0.29, 0.717) is 25.1 Å². The monoisotopic (exact) mass is 900 g/mol. The predicted octanol–water partition coefficient (Wildman–Crippen LogP) is 6.78. The molecule has 0 heterocycles. The smallest absolute Gasteiger partial charge is 0.251 e. The molecule has 0 aliphatic carbocycles. The average Bonchev–Trinajstić information content (AvgIpc) is 3.28. The largest absolute Gasteiger partial charge is 0.391 e. The molecule has 0 aliphatic heterocycles. The quantitative estimate of drug-likeness (QED) is 0.0496. The molecule has 1 unspecified atom stereocenters. The van der Waals surface area contributed by atoms with E-state index in [1.807, 2.05) is 119 Å². The lowest BCUT2D eigenvalue weighted by atomic mass is 9.86. The number of aliphatic hydroxyl groups excluding tert-OH is 1. The highest BCUT2D eigenvalue weighted by molar-refractivity contribution is 7.92. The number of ether oxygens (including phenoxy) is 3. The second-order valence-corrected chi connectivity index (χ2v) is 19.1. The van der Waals surface area contributed by atoms with Crippen molar-refractivity contribution < 1.29 is 42.1 Å². The molecule has 4 rings (SSSR count). The summed E-state index contributed by atoms with van der Waals surface area (Å²) >= 11 is 0. The molecule has 4 N–H and O–H groups in total. The van der Waals surface area contributed by atoms with Gasteiger partial charge in [0.25, 0.3) is 5.91 Å². The van der Waals surface area contributed by atoms with Crippen molar-refractivity contribution in [3.63, 3.8) is 0 Å². The van der Waals surface area contributed by atoms with Crippen LogP contribution >= 0.6 is 0 Å². The van der Waals surface area contributed by atoms with E-state index in [9.17, 15) is 27.9 Å². The van der Waals surface area contributed by atoms with E-state index < -0.39 is 52.0 Å². The van der Waals surface area contributed by atoms with Gasteiger partial charge in [0, 0.05) is 32.2 Å². The van der Waals surface area contributed by atoms with Crippen LogP contribution in [0.3, 0.4) is 0 Å². The van der Waals surface area contributed by atoms with E-state index in [4.69, 9.17) is 14.2 Å². The maximum Gasteiger partial charge on any atom is 0.251 e. The zero-order chi connectivity index (χ0) is 46.8. The Hall–Kier alpha value is -5.12. The van der Waals surface area contributed by atoms with Gasteiger partial charge in [0.2, 0.25) is 21.8 Å². The number of carbonyl (C=O) groups excluding carboxylic acids is 3. The van der Waals surface area contributed by atoms with Crippen LogP contribution < -0.4 is 20.3 Å². The number of hydrogen-bond acceptors (Lipinski definition) is 9. The molecule has 0 fully saturated rings. The Morgan fingerprint density at radius 2 is 1.34 bits per heavy atom. The third-order valence-corrected chi connectivity index (χ3v) is 12.6. The van der Waals surface area contributed by atoms with E-state index in [1.165, 1.54) is 13.1 Å². The van der Waals surface area contributed by atoms with Gasteiger partial charge in [-0.05, 0) is 71.0 Å². The van der Waals surface area contributed by atoms with Crippen LogP contribution in [0.1, 0.15) is 92.1 Å². The third kappa shape index (κ3) is 16.1. The fourth-order valence-corrected chi connectivity index (χ4v) is 7.80. The van der Waals surface area contributed by atoms with Gasteiger partial charge in [0.15, 0.2) is 0 Å². The molecule has 348 valence electrons. The van der Waals surface area contributed by atoms with Crippen LogP contribution in [-0.2, 0) is 47.0 Å². The Balaban J connectivity index is 1.64. The van der Waals surface area contributed by atoms with Gasteiger partial charge in [0.05, 0.1) is 56.6 Å². The Morgan fingerprint density at radius 1 is 0.734 bits per heavy atom. The fourth-order valence-electron chi connectivity index (χ4n) is 7.31. The lowest BCUT2D eigenvalue weighted by Crippen LogP contribution is -2.53. The number of carbonyl (C=O) groups is 3. The molecular formula is C50H68N4O9S. The molecule has 0 radical (unpaired) electrons. The van der Waals surface area contributed by atoms with Gasteiger partial charge in [-0.2, -0.15) is 0 Å². The summed E-state index contributed by atoms with van der Waals surface area (Å²) in [5, 5.41) is 20.8. The van der Waals surface area contributed by atoms with Crippen LogP contribution in [0.2, 0.25) is 0 Å². The van der Waals surface area contributed by atoms with Gasteiger partial charge in [-0.25, -0.2) is 8.42 Å². The molecule has 64 heavy (non-hydrogen) atoms. The van der Waals surface area contributed by atoms with Gasteiger partial charge in [0.1, 0.15) is 6.04 Å². The number of hydrogen-bond donors (Lipinski definition) is 4. The van der Waals surface area contributed by atoms with Crippen molar-refractivity contribution in [1.82, 2.24) is 16.0 Å². The normalized spacial score (nSPS) is 14.5. The summed E-state index contributed by atoms with van der Waals surface area (Å²) < 4.78 is 44.6. The molecule has 0 spiro atoms. The summed E-state index contributed by atoms with van der Waals surface area (Å²) in [4.78, 5) is 41.9. The van der Waals surface area contributed by atoms with Crippen LogP contribution in [0.15, 0.2) is 109 Å². The number of benzene rings is 4. The van der Waals surface area contributed by atoms with E-state index in [2.05, 4.69) is 22.9 Å². The van der Waals surface area contributed by atoms with Gasteiger partial charge in [-0.15, -0.1) is 0 Å². The molecule has 0 saturated heterocycles. The number of nitrogens with one attached hydrogen (secondary N) is 3. The molecule has 14 heteroatoms. The van der Waals surface area contributed by atoms with Crippen molar-refractivity contribution >= 4 is 33.4 Å². The number of sulfonamides is 1. The summed E-state index contributed by atoms with van der Waals surface area (Å²) in [5.74, 6) is -2.51. The number of amides is 3. The summed E-state index contributed by atoms with van der Waals surface area (Å²) in [7, 11) is -0.755. The lowest BCUT2D eigenvalue weighted by molar-refractivity contribution is -0.134. The van der Waals surface area contributed by atoms with Crippen LogP contribution in [0, 0.1) is 17.8 Å². The standard InChI is InChI=1S/C50H68N4O9S/c1-34(2)43(49(57)53-47(35(3)4)50(58)51-31-37-18-12-9-13-19-37)30-45(55)44(33-62-32-38-20-14-10-15-21-38)52-48(56)41-27-40(28-42(29-41)54(6)64(8,59)60)46(63-25-24-61-7)26-36(5)39-22-16-11-17-23-39/h9-23,27-29,34-36,43-47,55H,24-26,30-33H2,1-8H3,(H,51,58)(H,52,56)(H,53,57)/t36-,43-,44-,45-,46?,47-/m0/s1. The minimum Gasteiger partial charge on any atom is -0.391 e. The fraction of sp³-hybridized carbons (Fsp3) is 0.460. The topological polar surface area (TPSA) is 173 Å². The van der Waals surface area contributed by atoms with Crippen LogP contribution in [0.5, 0.6) is 0 Å². The summed E-state index contributed by atoms with van der Waals surface area (Å²) in [6.07, 6.45) is -0.294. The van der Waals surface area contributed by atoms with Crippen molar-refractivity contribution in [2.45, 2.75) is 90.8 Å². The van der Waals surface area contributed by atoms with Crippen molar-refractivity contribution in [3.8, 4) is 0 Å².